The lowest BCUT2D eigenvalue weighted by atomic mass is 9.80. The predicted octanol–water partition coefficient (Wildman–Crippen LogP) is 4.39. The number of carbonyl (C=O) groups is 2. The summed E-state index contributed by atoms with van der Waals surface area (Å²) < 4.78 is 1.77. The third-order valence-electron chi connectivity index (χ3n) is 3.35. The SMILES string of the molecule is CCC1(I)C(NC(=O)CCl)=C(I)C=C(I)C1CCC(=O)O. The number of halogens is 4. The van der Waals surface area contributed by atoms with Crippen LogP contribution in [0.15, 0.2) is 18.9 Å². The van der Waals surface area contributed by atoms with E-state index in [4.69, 9.17) is 16.7 Å². The number of carboxylic acids is 1. The molecule has 8 heteroatoms. The fraction of sp³-hybridized carbons (Fsp3) is 0.538. The summed E-state index contributed by atoms with van der Waals surface area (Å²) in [5, 5.41) is 11.8. The molecule has 2 atom stereocenters. The molecule has 1 amide bonds. The molecule has 0 saturated heterocycles. The number of nitrogens with one attached hydrogen (secondary N) is 1. The molecule has 1 rings (SSSR count). The number of rotatable bonds is 6. The lowest BCUT2D eigenvalue weighted by molar-refractivity contribution is -0.137. The zero-order valence-electron chi connectivity index (χ0n) is 11.3. The van der Waals surface area contributed by atoms with Crippen molar-refractivity contribution in [3.63, 3.8) is 0 Å². The van der Waals surface area contributed by atoms with Gasteiger partial charge in [0.2, 0.25) is 5.91 Å². The van der Waals surface area contributed by atoms with Crippen LogP contribution >= 0.6 is 79.4 Å². The average molecular weight is 649 g/mol. The quantitative estimate of drug-likeness (QED) is 0.332. The first kappa shape index (κ1) is 19.9. The molecule has 2 N–H and O–H groups in total. The zero-order chi connectivity index (χ0) is 16.2. The zero-order valence-corrected chi connectivity index (χ0v) is 18.5. The molecule has 2 unspecified atom stereocenters. The fourth-order valence-corrected chi connectivity index (χ4v) is 7.23. The molecule has 0 heterocycles. The first-order valence-corrected chi connectivity index (χ1v) is 10.1. The number of amides is 1. The van der Waals surface area contributed by atoms with Gasteiger partial charge in [0, 0.05) is 21.6 Å². The van der Waals surface area contributed by atoms with Gasteiger partial charge in [-0.05, 0) is 67.7 Å². The molecular weight excluding hydrogens is 634 g/mol. The van der Waals surface area contributed by atoms with Crippen LogP contribution in [0.25, 0.3) is 0 Å². The summed E-state index contributed by atoms with van der Waals surface area (Å²) in [6.07, 6.45) is 3.46. The highest BCUT2D eigenvalue weighted by Crippen LogP contribution is 2.51. The van der Waals surface area contributed by atoms with Gasteiger partial charge in [0.1, 0.15) is 5.88 Å². The van der Waals surface area contributed by atoms with Crippen LogP contribution in [0.2, 0.25) is 0 Å². The van der Waals surface area contributed by atoms with Crippen LogP contribution < -0.4 is 5.32 Å². The molecule has 0 aliphatic heterocycles. The molecule has 1 aliphatic rings. The maximum Gasteiger partial charge on any atom is 0.303 e. The molecule has 0 radical (unpaired) electrons. The van der Waals surface area contributed by atoms with Crippen LogP contribution in [0.4, 0.5) is 0 Å². The molecule has 21 heavy (non-hydrogen) atoms. The Kier molecular flexibility index (Phi) is 8.23. The smallest absolute Gasteiger partial charge is 0.303 e. The molecule has 0 saturated carbocycles. The molecule has 0 aromatic rings. The number of carboxylic acid groups (broad SMARTS) is 1. The Morgan fingerprint density at radius 3 is 2.57 bits per heavy atom. The Bertz CT molecular complexity index is 507. The van der Waals surface area contributed by atoms with E-state index in [2.05, 4.69) is 73.1 Å². The third kappa shape index (κ3) is 4.93. The minimum absolute atomic E-state index is 0.0731. The molecule has 0 spiro atoms. The van der Waals surface area contributed by atoms with Gasteiger partial charge in [-0.15, -0.1) is 11.6 Å². The summed E-state index contributed by atoms with van der Waals surface area (Å²) in [5.74, 6) is -1.06. The van der Waals surface area contributed by atoms with Gasteiger partial charge in [0.15, 0.2) is 0 Å². The largest absolute Gasteiger partial charge is 0.481 e. The van der Waals surface area contributed by atoms with Crippen LogP contribution in [-0.2, 0) is 9.59 Å². The summed E-state index contributed by atoms with van der Waals surface area (Å²) in [5.41, 5.74) is 0.840. The monoisotopic (exact) mass is 649 g/mol. The molecule has 0 aromatic heterocycles. The second kappa shape index (κ2) is 8.67. The maximum absolute atomic E-state index is 11.7. The van der Waals surface area contributed by atoms with Gasteiger partial charge in [-0.3, -0.25) is 9.59 Å². The van der Waals surface area contributed by atoms with E-state index in [0.29, 0.717) is 6.42 Å². The van der Waals surface area contributed by atoms with Crippen molar-refractivity contribution in [2.45, 2.75) is 29.6 Å². The highest BCUT2D eigenvalue weighted by atomic mass is 127. The van der Waals surface area contributed by atoms with E-state index < -0.39 is 5.97 Å². The fourth-order valence-electron chi connectivity index (χ4n) is 2.28. The first-order valence-electron chi connectivity index (χ1n) is 6.30. The Labute approximate surface area is 169 Å². The molecule has 0 fully saturated rings. The van der Waals surface area contributed by atoms with Crippen molar-refractivity contribution in [2.75, 3.05) is 5.88 Å². The van der Waals surface area contributed by atoms with Gasteiger partial charge >= 0.3 is 5.97 Å². The van der Waals surface area contributed by atoms with Crippen LogP contribution in [0, 0.1) is 5.92 Å². The number of hydrogen-bond acceptors (Lipinski definition) is 2. The molecule has 118 valence electrons. The Balaban J connectivity index is 3.17. The number of allylic oxidation sites excluding steroid dienone is 4. The molecular formula is C13H15ClI3NO3. The number of hydrogen-bond donors (Lipinski definition) is 2. The minimum atomic E-state index is -0.801. The van der Waals surface area contributed by atoms with Crippen molar-refractivity contribution in [3.8, 4) is 0 Å². The van der Waals surface area contributed by atoms with Gasteiger partial charge < -0.3 is 10.4 Å². The molecule has 4 nitrogen and oxygen atoms in total. The van der Waals surface area contributed by atoms with E-state index in [0.717, 1.165) is 19.3 Å². The maximum atomic E-state index is 11.7. The van der Waals surface area contributed by atoms with Gasteiger partial charge in [0.05, 0.1) is 3.42 Å². The normalized spacial score (nSPS) is 25.6. The van der Waals surface area contributed by atoms with E-state index in [1.54, 1.807) is 0 Å². The van der Waals surface area contributed by atoms with Crippen LogP contribution in [0.1, 0.15) is 26.2 Å². The van der Waals surface area contributed by atoms with Gasteiger partial charge in [-0.1, -0.05) is 29.5 Å². The van der Waals surface area contributed by atoms with Gasteiger partial charge in [-0.25, -0.2) is 0 Å². The van der Waals surface area contributed by atoms with E-state index in [1.165, 1.54) is 0 Å². The summed E-state index contributed by atoms with van der Waals surface area (Å²) in [6.45, 7) is 2.05. The summed E-state index contributed by atoms with van der Waals surface area (Å²) in [6, 6.07) is 0. The van der Waals surface area contributed by atoms with Crippen LogP contribution in [-0.4, -0.2) is 26.3 Å². The second-order valence-corrected chi connectivity index (χ2v) is 9.24. The van der Waals surface area contributed by atoms with Crippen molar-refractivity contribution in [1.29, 1.82) is 0 Å². The predicted molar refractivity (Wildman–Crippen MR) is 109 cm³/mol. The molecule has 0 aromatic carbocycles. The van der Waals surface area contributed by atoms with Crippen molar-refractivity contribution >= 4 is 91.3 Å². The van der Waals surface area contributed by atoms with E-state index in [9.17, 15) is 9.59 Å². The number of aliphatic carboxylic acids is 1. The van der Waals surface area contributed by atoms with E-state index in [1.807, 2.05) is 13.0 Å². The second-order valence-electron chi connectivity index (χ2n) is 4.63. The van der Waals surface area contributed by atoms with Crippen LogP contribution in [0.5, 0.6) is 0 Å². The van der Waals surface area contributed by atoms with E-state index in [-0.39, 0.29) is 27.5 Å². The Morgan fingerprint density at radius 2 is 2.10 bits per heavy atom. The summed E-state index contributed by atoms with van der Waals surface area (Å²) >= 11 is 12.4. The standard InChI is InChI=1S/C13H15ClI3NO3/c1-2-13(17)7(3-4-11(20)21)8(15)5-9(16)12(13)18-10(19)6-14/h5,7H,2-4,6H2,1H3,(H,18,19)(H,20,21). The van der Waals surface area contributed by atoms with Crippen molar-refractivity contribution in [1.82, 2.24) is 5.32 Å². The van der Waals surface area contributed by atoms with Crippen molar-refractivity contribution < 1.29 is 14.7 Å². The number of alkyl halides is 2. The minimum Gasteiger partial charge on any atom is -0.481 e. The molecule has 0 bridgehead atoms. The highest BCUT2D eigenvalue weighted by molar-refractivity contribution is 14.1. The average Bonchev–Trinajstić information content (AvgIpc) is 2.42. The van der Waals surface area contributed by atoms with Crippen molar-refractivity contribution in [3.05, 3.63) is 18.9 Å². The number of carbonyl (C=O) groups excluding carboxylic acids is 1. The topological polar surface area (TPSA) is 66.4 Å². The Morgan fingerprint density at radius 1 is 1.48 bits per heavy atom. The van der Waals surface area contributed by atoms with Crippen molar-refractivity contribution in [2.24, 2.45) is 5.92 Å². The van der Waals surface area contributed by atoms with Gasteiger partial charge in [-0.2, -0.15) is 0 Å². The van der Waals surface area contributed by atoms with Gasteiger partial charge in [0.25, 0.3) is 0 Å². The first-order chi connectivity index (χ1) is 9.76. The third-order valence-corrected chi connectivity index (χ3v) is 7.56. The summed E-state index contributed by atoms with van der Waals surface area (Å²) in [4.78, 5) is 22.6. The Hall–Kier alpha value is 0.900. The lowest BCUT2D eigenvalue weighted by Crippen LogP contribution is -2.44. The highest BCUT2D eigenvalue weighted by Gasteiger charge is 2.43. The van der Waals surface area contributed by atoms with E-state index >= 15 is 0 Å². The lowest BCUT2D eigenvalue weighted by Gasteiger charge is -2.40. The summed E-state index contributed by atoms with van der Waals surface area (Å²) in [7, 11) is 0. The molecule has 1 aliphatic carbocycles. The van der Waals surface area contributed by atoms with Crippen LogP contribution in [0.3, 0.4) is 0 Å².